The van der Waals surface area contributed by atoms with Crippen molar-refractivity contribution in [2.24, 2.45) is 0 Å². The van der Waals surface area contributed by atoms with Gasteiger partial charge < -0.3 is 4.98 Å². The Hall–Kier alpha value is -1.15. The Kier molecular flexibility index (Phi) is 2.38. The number of aromatic nitrogens is 1. The molecule has 0 aliphatic heterocycles. The van der Waals surface area contributed by atoms with E-state index in [2.05, 4.69) is 43.1 Å². The Labute approximate surface area is 88.8 Å². The van der Waals surface area contributed by atoms with Crippen LogP contribution >= 0.6 is 12.2 Å². The van der Waals surface area contributed by atoms with Gasteiger partial charge in [0.1, 0.15) is 4.64 Å². The number of rotatable bonds is 1. The summed E-state index contributed by atoms with van der Waals surface area (Å²) in [5, 5.41) is 1.25. The van der Waals surface area contributed by atoms with Gasteiger partial charge in [0, 0.05) is 5.52 Å². The zero-order valence-corrected chi connectivity index (χ0v) is 9.24. The molecule has 1 N–H and O–H groups in total. The van der Waals surface area contributed by atoms with Crippen LogP contribution in [0.2, 0.25) is 0 Å². The SMILES string of the molecule is CCc1cc2cccc(C)c2[nH]c1=S. The second kappa shape index (κ2) is 3.54. The first-order chi connectivity index (χ1) is 6.72. The highest BCUT2D eigenvalue weighted by Gasteiger charge is 1.99. The summed E-state index contributed by atoms with van der Waals surface area (Å²) in [5.41, 5.74) is 3.63. The Morgan fingerprint density at radius 1 is 1.36 bits per heavy atom. The van der Waals surface area contributed by atoms with E-state index in [-0.39, 0.29) is 0 Å². The van der Waals surface area contributed by atoms with E-state index in [0.717, 1.165) is 16.6 Å². The smallest absolute Gasteiger partial charge is 0.106 e. The molecule has 0 saturated carbocycles. The fourth-order valence-electron chi connectivity index (χ4n) is 1.69. The maximum absolute atomic E-state index is 5.28. The minimum Gasteiger partial charge on any atom is -0.346 e. The summed E-state index contributed by atoms with van der Waals surface area (Å²) < 4.78 is 0.870. The average Bonchev–Trinajstić information content (AvgIpc) is 2.19. The second-order valence-corrected chi connectivity index (χ2v) is 3.92. The van der Waals surface area contributed by atoms with Crippen LogP contribution in [0.25, 0.3) is 10.9 Å². The van der Waals surface area contributed by atoms with Crippen LogP contribution in [0, 0.1) is 11.6 Å². The molecule has 0 saturated heterocycles. The number of pyridine rings is 1. The van der Waals surface area contributed by atoms with Crippen molar-refractivity contribution in [3.63, 3.8) is 0 Å². The van der Waals surface area contributed by atoms with E-state index in [1.54, 1.807) is 0 Å². The molecule has 0 atom stereocenters. The Morgan fingerprint density at radius 2 is 2.14 bits per heavy atom. The van der Waals surface area contributed by atoms with Gasteiger partial charge in [0.15, 0.2) is 0 Å². The van der Waals surface area contributed by atoms with Gasteiger partial charge >= 0.3 is 0 Å². The Morgan fingerprint density at radius 3 is 2.86 bits per heavy atom. The van der Waals surface area contributed by atoms with E-state index in [0.29, 0.717) is 0 Å². The molecule has 0 aliphatic rings. The first-order valence-corrected chi connectivity index (χ1v) is 5.24. The summed E-state index contributed by atoms with van der Waals surface area (Å²) in [6.45, 7) is 4.22. The summed E-state index contributed by atoms with van der Waals surface area (Å²) in [6, 6.07) is 8.47. The van der Waals surface area contributed by atoms with Crippen LogP contribution in [0.1, 0.15) is 18.1 Å². The molecule has 0 aliphatic carbocycles. The minimum atomic E-state index is 0.870. The van der Waals surface area contributed by atoms with Crippen LogP contribution < -0.4 is 0 Å². The lowest BCUT2D eigenvalue weighted by atomic mass is 10.1. The zero-order chi connectivity index (χ0) is 10.1. The summed E-state index contributed by atoms with van der Waals surface area (Å²) in [5.74, 6) is 0. The fourth-order valence-corrected chi connectivity index (χ4v) is 2.00. The molecule has 1 aromatic heterocycles. The van der Waals surface area contributed by atoms with Crippen LogP contribution in [0.5, 0.6) is 0 Å². The van der Waals surface area contributed by atoms with Gasteiger partial charge in [0.2, 0.25) is 0 Å². The van der Waals surface area contributed by atoms with E-state index < -0.39 is 0 Å². The summed E-state index contributed by atoms with van der Waals surface area (Å²) in [6.07, 6.45) is 0.985. The molecule has 14 heavy (non-hydrogen) atoms. The van der Waals surface area contributed by atoms with Crippen LogP contribution in [0.4, 0.5) is 0 Å². The van der Waals surface area contributed by atoms with Crippen molar-refractivity contribution < 1.29 is 0 Å². The van der Waals surface area contributed by atoms with E-state index >= 15 is 0 Å². The highest BCUT2D eigenvalue weighted by Crippen LogP contribution is 2.18. The lowest BCUT2D eigenvalue weighted by Gasteiger charge is -2.04. The molecule has 72 valence electrons. The first kappa shape index (κ1) is 9.41. The van der Waals surface area contributed by atoms with Crippen LogP contribution in [0.3, 0.4) is 0 Å². The van der Waals surface area contributed by atoms with Crippen molar-refractivity contribution in [1.82, 2.24) is 4.98 Å². The van der Waals surface area contributed by atoms with Crippen LogP contribution in [-0.4, -0.2) is 4.98 Å². The monoisotopic (exact) mass is 203 g/mol. The Balaban J connectivity index is 2.86. The number of aromatic amines is 1. The lowest BCUT2D eigenvalue weighted by Crippen LogP contribution is -1.89. The normalized spacial score (nSPS) is 10.7. The van der Waals surface area contributed by atoms with E-state index in [9.17, 15) is 0 Å². The topological polar surface area (TPSA) is 15.8 Å². The molecule has 0 spiro atoms. The fraction of sp³-hybridized carbons (Fsp3) is 0.250. The quantitative estimate of drug-likeness (QED) is 0.698. The zero-order valence-electron chi connectivity index (χ0n) is 8.42. The molecule has 0 unspecified atom stereocenters. The standard InChI is InChI=1S/C12H13NS/c1-3-9-7-10-6-4-5-8(2)11(10)13-12(9)14/h4-7H,3H2,1-2H3,(H,13,14). The number of para-hydroxylation sites is 1. The molecule has 0 bridgehead atoms. The van der Waals surface area contributed by atoms with E-state index in [1.807, 2.05) is 0 Å². The largest absolute Gasteiger partial charge is 0.346 e. The van der Waals surface area contributed by atoms with Gasteiger partial charge in [-0.2, -0.15) is 0 Å². The third-order valence-electron chi connectivity index (χ3n) is 2.55. The highest BCUT2D eigenvalue weighted by molar-refractivity contribution is 7.71. The lowest BCUT2D eigenvalue weighted by molar-refractivity contribution is 1.11. The maximum atomic E-state index is 5.28. The van der Waals surface area contributed by atoms with Crippen molar-refractivity contribution in [3.8, 4) is 0 Å². The van der Waals surface area contributed by atoms with Crippen molar-refractivity contribution in [1.29, 1.82) is 0 Å². The van der Waals surface area contributed by atoms with Crippen molar-refractivity contribution >= 4 is 23.1 Å². The van der Waals surface area contributed by atoms with Crippen molar-refractivity contribution in [3.05, 3.63) is 40.0 Å². The van der Waals surface area contributed by atoms with Crippen molar-refractivity contribution in [2.75, 3.05) is 0 Å². The highest BCUT2D eigenvalue weighted by atomic mass is 32.1. The number of nitrogens with one attached hydrogen (secondary N) is 1. The van der Waals surface area contributed by atoms with Gasteiger partial charge in [0.05, 0.1) is 0 Å². The second-order valence-electron chi connectivity index (χ2n) is 3.52. The molecule has 2 aromatic rings. The average molecular weight is 203 g/mol. The number of aryl methyl sites for hydroxylation is 2. The van der Waals surface area contributed by atoms with Gasteiger partial charge in [-0.05, 0) is 35.9 Å². The maximum Gasteiger partial charge on any atom is 0.106 e. The van der Waals surface area contributed by atoms with Gasteiger partial charge in [-0.3, -0.25) is 0 Å². The Bertz CT molecular complexity index is 525. The van der Waals surface area contributed by atoms with Gasteiger partial charge in [-0.25, -0.2) is 0 Å². The van der Waals surface area contributed by atoms with E-state index in [4.69, 9.17) is 12.2 Å². The molecule has 0 radical (unpaired) electrons. The number of hydrogen-bond donors (Lipinski definition) is 1. The van der Waals surface area contributed by atoms with Crippen molar-refractivity contribution in [2.45, 2.75) is 20.3 Å². The molecule has 1 aromatic carbocycles. The molecule has 2 heteroatoms. The molecule has 1 nitrogen and oxygen atoms in total. The third-order valence-corrected chi connectivity index (χ3v) is 2.91. The summed E-state index contributed by atoms with van der Waals surface area (Å²) >= 11 is 5.28. The van der Waals surface area contributed by atoms with Crippen LogP contribution in [0.15, 0.2) is 24.3 Å². The van der Waals surface area contributed by atoms with Gasteiger partial charge in [-0.15, -0.1) is 0 Å². The van der Waals surface area contributed by atoms with E-state index in [1.165, 1.54) is 16.5 Å². The summed E-state index contributed by atoms with van der Waals surface area (Å²) in [4.78, 5) is 3.29. The molecular formula is C12H13NS. The third kappa shape index (κ3) is 1.46. The van der Waals surface area contributed by atoms with Crippen LogP contribution in [-0.2, 0) is 6.42 Å². The van der Waals surface area contributed by atoms with Gasteiger partial charge in [-0.1, -0.05) is 37.3 Å². The molecule has 0 amide bonds. The first-order valence-electron chi connectivity index (χ1n) is 4.84. The number of H-pyrrole nitrogens is 1. The predicted molar refractivity (Wildman–Crippen MR) is 63.2 cm³/mol. The van der Waals surface area contributed by atoms with Gasteiger partial charge in [0.25, 0.3) is 0 Å². The predicted octanol–water partition coefficient (Wildman–Crippen LogP) is 3.77. The number of hydrogen-bond acceptors (Lipinski definition) is 1. The summed E-state index contributed by atoms with van der Waals surface area (Å²) in [7, 11) is 0. The molecule has 2 rings (SSSR count). The minimum absolute atomic E-state index is 0.870. The molecule has 0 fully saturated rings. The molecular weight excluding hydrogens is 190 g/mol. The number of benzene rings is 1. The molecule has 1 heterocycles. The number of fused-ring (bicyclic) bond motifs is 1.